The maximum absolute atomic E-state index is 13.7. The lowest BCUT2D eigenvalue weighted by molar-refractivity contribution is -0.119. The second-order valence-electron chi connectivity index (χ2n) is 8.51. The van der Waals surface area contributed by atoms with Gasteiger partial charge in [-0.2, -0.15) is 0 Å². The molecule has 0 N–H and O–H groups in total. The highest BCUT2D eigenvalue weighted by Crippen LogP contribution is 2.27. The van der Waals surface area contributed by atoms with Crippen LogP contribution >= 0.6 is 0 Å². The minimum absolute atomic E-state index is 0.0101. The van der Waals surface area contributed by atoms with Gasteiger partial charge in [-0.3, -0.25) is 19.1 Å². The number of anilines is 1. The lowest BCUT2D eigenvalue weighted by atomic mass is 10.0. The van der Waals surface area contributed by atoms with Crippen molar-refractivity contribution in [3.63, 3.8) is 0 Å². The smallest absolute Gasteiger partial charge is 0.259 e. The maximum Gasteiger partial charge on any atom is 0.259 e. The van der Waals surface area contributed by atoms with Crippen LogP contribution < -0.4 is 10.5 Å². The number of rotatable bonds is 4. The maximum atomic E-state index is 13.7. The summed E-state index contributed by atoms with van der Waals surface area (Å²) in [4.78, 5) is 36.1. The van der Waals surface area contributed by atoms with Crippen LogP contribution in [0.3, 0.4) is 0 Å². The van der Waals surface area contributed by atoms with Gasteiger partial charge in [0.2, 0.25) is 5.91 Å². The van der Waals surface area contributed by atoms with E-state index in [1.165, 1.54) is 5.56 Å². The highest BCUT2D eigenvalue weighted by molar-refractivity contribution is 5.94. The number of likely N-dealkylation sites (N-methyl/N-ethyl adjacent to an activating group) is 1. The number of hydrogen-bond donors (Lipinski definition) is 0. The number of carbonyl (C=O) groups excluding carboxylic acids is 1. The van der Waals surface area contributed by atoms with Crippen molar-refractivity contribution >= 4 is 11.6 Å². The Balaban J connectivity index is 1.57. The summed E-state index contributed by atoms with van der Waals surface area (Å²) in [5.41, 5.74) is 4.50. The number of hydrogen-bond acceptors (Lipinski definition) is 4. The quantitative estimate of drug-likeness (QED) is 0.640. The summed E-state index contributed by atoms with van der Waals surface area (Å²) in [6.45, 7) is 5.15. The zero-order valence-electron chi connectivity index (χ0n) is 18.5. The van der Waals surface area contributed by atoms with Gasteiger partial charge in [0.1, 0.15) is 12.4 Å². The van der Waals surface area contributed by atoms with Crippen molar-refractivity contribution < 1.29 is 4.79 Å². The predicted octanol–water partition coefficient (Wildman–Crippen LogP) is 3.27. The van der Waals surface area contributed by atoms with Crippen molar-refractivity contribution in [2.45, 2.75) is 39.3 Å². The molecule has 0 saturated heterocycles. The van der Waals surface area contributed by atoms with Gasteiger partial charge in [-0.25, -0.2) is 4.98 Å². The SMILES string of the molecule is CCN1CCc2nc(-c3ccccc3)n(CC(=O)N3CCCc4ccccc43)c(=O)c2C1. The molecule has 1 amide bonds. The van der Waals surface area contributed by atoms with E-state index in [0.717, 1.165) is 54.9 Å². The lowest BCUT2D eigenvalue weighted by Gasteiger charge is -2.31. The zero-order chi connectivity index (χ0) is 22.1. The molecule has 0 spiro atoms. The Bertz CT molecular complexity index is 1200. The molecule has 2 aromatic carbocycles. The number of carbonyl (C=O) groups is 1. The first-order valence-electron chi connectivity index (χ1n) is 11.4. The molecule has 0 aliphatic carbocycles. The average Bonchev–Trinajstić information content (AvgIpc) is 2.85. The van der Waals surface area contributed by atoms with E-state index in [0.29, 0.717) is 18.9 Å². The van der Waals surface area contributed by atoms with Crippen molar-refractivity contribution in [2.24, 2.45) is 0 Å². The molecule has 6 nitrogen and oxygen atoms in total. The monoisotopic (exact) mass is 428 g/mol. The van der Waals surface area contributed by atoms with Crippen LogP contribution in [0.2, 0.25) is 0 Å². The Hall–Kier alpha value is -3.25. The van der Waals surface area contributed by atoms with Crippen LogP contribution in [-0.4, -0.2) is 40.0 Å². The van der Waals surface area contributed by atoms with E-state index in [1.807, 2.05) is 53.4 Å². The van der Waals surface area contributed by atoms with Crippen LogP contribution in [0.25, 0.3) is 11.4 Å². The molecule has 1 aromatic heterocycles. The fourth-order valence-corrected chi connectivity index (χ4v) is 4.81. The second kappa shape index (κ2) is 8.71. The first kappa shape index (κ1) is 20.6. The van der Waals surface area contributed by atoms with Crippen molar-refractivity contribution in [1.82, 2.24) is 14.5 Å². The standard InChI is InChI=1S/C26H28N4O2/c1-2-28-16-14-22-21(17-28)26(32)30(25(27-22)20-10-4-3-5-11-20)18-24(31)29-15-8-12-19-9-6-7-13-23(19)29/h3-7,9-11,13H,2,8,12,14-18H2,1H3. The van der Waals surface area contributed by atoms with Gasteiger partial charge in [-0.05, 0) is 31.0 Å². The first-order valence-corrected chi connectivity index (χ1v) is 11.4. The normalized spacial score (nSPS) is 15.8. The van der Waals surface area contributed by atoms with E-state index >= 15 is 0 Å². The minimum Gasteiger partial charge on any atom is -0.311 e. The average molecular weight is 429 g/mol. The third-order valence-corrected chi connectivity index (χ3v) is 6.58. The van der Waals surface area contributed by atoms with Gasteiger partial charge in [-0.1, -0.05) is 55.5 Å². The fraction of sp³-hybridized carbons (Fsp3) is 0.346. The van der Waals surface area contributed by atoms with Crippen LogP contribution in [0.1, 0.15) is 30.2 Å². The first-order chi connectivity index (χ1) is 15.7. The van der Waals surface area contributed by atoms with Crippen LogP contribution in [-0.2, 0) is 30.7 Å². The lowest BCUT2D eigenvalue weighted by Crippen LogP contribution is -2.43. The molecule has 0 fully saturated rings. The number of aromatic nitrogens is 2. The summed E-state index contributed by atoms with van der Waals surface area (Å²) < 4.78 is 1.59. The van der Waals surface area contributed by atoms with Gasteiger partial charge >= 0.3 is 0 Å². The molecule has 0 radical (unpaired) electrons. The molecule has 3 aromatic rings. The molecule has 5 rings (SSSR count). The summed E-state index contributed by atoms with van der Waals surface area (Å²) >= 11 is 0. The molecule has 3 heterocycles. The zero-order valence-corrected chi connectivity index (χ0v) is 18.5. The highest BCUT2D eigenvalue weighted by Gasteiger charge is 2.27. The van der Waals surface area contributed by atoms with Gasteiger partial charge in [0.05, 0.1) is 11.3 Å². The highest BCUT2D eigenvalue weighted by atomic mass is 16.2. The molecular weight excluding hydrogens is 400 g/mol. The molecule has 2 aliphatic rings. The van der Waals surface area contributed by atoms with E-state index < -0.39 is 0 Å². The number of amides is 1. The molecule has 32 heavy (non-hydrogen) atoms. The summed E-state index contributed by atoms with van der Waals surface area (Å²) in [6.07, 6.45) is 2.66. The van der Waals surface area contributed by atoms with Crippen LogP contribution in [0, 0.1) is 0 Å². The third kappa shape index (κ3) is 3.75. The Labute approximate surface area is 188 Å². The topological polar surface area (TPSA) is 58.4 Å². The Kier molecular flexibility index (Phi) is 5.62. The largest absolute Gasteiger partial charge is 0.311 e. The molecule has 2 aliphatic heterocycles. The van der Waals surface area contributed by atoms with Crippen molar-refractivity contribution in [2.75, 3.05) is 24.5 Å². The molecule has 0 bridgehead atoms. The van der Waals surface area contributed by atoms with E-state index in [4.69, 9.17) is 4.98 Å². The summed E-state index contributed by atoms with van der Waals surface area (Å²) in [7, 11) is 0. The van der Waals surface area contributed by atoms with Crippen molar-refractivity contribution in [3.8, 4) is 11.4 Å². The summed E-state index contributed by atoms with van der Waals surface area (Å²) in [6, 6.07) is 17.8. The Morgan fingerprint density at radius 1 is 1.00 bits per heavy atom. The molecule has 0 saturated carbocycles. The van der Waals surface area contributed by atoms with Crippen LogP contribution in [0.15, 0.2) is 59.4 Å². The number of nitrogens with zero attached hydrogens (tertiary/aromatic N) is 4. The third-order valence-electron chi connectivity index (χ3n) is 6.58. The van der Waals surface area contributed by atoms with Crippen molar-refractivity contribution in [1.29, 1.82) is 0 Å². The number of aryl methyl sites for hydroxylation is 1. The van der Waals surface area contributed by atoms with E-state index in [9.17, 15) is 9.59 Å². The molecule has 6 heteroatoms. The molecule has 0 atom stereocenters. The van der Waals surface area contributed by atoms with Crippen LogP contribution in [0.4, 0.5) is 5.69 Å². The van der Waals surface area contributed by atoms with Gasteiger partial charge in [-0.15, -0.1) is 0 Å². The van der Waals surface area contributed by atoms with Crippen molar-refractivity contribution in [3.05, 3.63) is 81.8 Å². The van der Waals surface area contributed by atoms with Crippen LogP contribution in [0.5, 0.6) is 0 Å². The van der Waals surface area contributed by atoms with Gasteiger partial charge in [0.15, 0.2) is 0 Å². The molecule has 0 unspecified atom stereocenters. The predicted molar refractivity (Wildman–Crippen MR) is 126 cm³/mol. The molecule has 164 valence electrons. The van der Waals surface area contributed by atoms with E-state index in [2.05, 4.69) is 17.9 Å². The Morgan fingerprint density at radius 2 is 1.78 bits per heavy atom. The molecular formula is C26H28N4O2. The number of para-hydroxylation sites is 1. The summed E-state index contributed by atoms with van der Waals surface area (Å²) in [5, 5.41) is 0. The van der Waals surface area contributed by atoms with Gasteiger partial charge in [0.25, 0.3) is 5.56 Å². The Morgan fingerprint density at radius 3 is 2.59 bits per heavy atom. The summed E-state index contributed by atoms with van der Waals surface area (Å²) in [5.74, 6) is 0.513. The minimum atomic E-state index is -0.0920. The van der Waals surface area contributed by atoms with E-state index in [-0.39, 0.29) is 18.0 Å². The number of benzene rings is 2. The van der Waals surface area contributed by atoms with Gasteiger partial charge in [0, 0.05) is 37.3 Å². The second-order valence-corrected chi connectivity index (χ2v) is 8.51. The fourth-order valence-electron chi connectivity index (χ4n) is 4.81. The van der Waals surface area contributed by atoms with Gasteiger partial charge < -0.3 is 4.90 Å². The van der Waals surface area contributed by atoms with E-state index in [1.54, 1.807) is 4.57 Å². The number of fused-ring (bicyclic) bond motifs is 2.